The largest absolute Gasteiger partial charge is 0.299 e. The van der Waals surface area contributed by atoms with Gasteiger partial charge < -0.3 is 0 Å². The highest BCUT2D eigenvalue weighted by atomic mass is 16.1. The third kappa shape index (κ3) is 2.82. The maximum absolute atomic E-state index is 12.4. The van der Waals surface area contributed by atoms with Crippen LogP contribution in [0.15, 0.2) is 23.3 Å². The minimum atomic E-state index is 0.0301. The number of ketones is 1. The molecule has 3 saturated carbocycles. The third-order valence-corrected chi connectivity index (χ3v) is 7.40. The average molecular weight is 329 g/mol. The van der Waals surface area contributed by atoms with E-state index in [-0.39, 0.29) is 5.41 Å². The lowest BCUT2D eigenvalue weighted by atomic mass is 9.54. The van der Waals surface area contributed by atoms with Crippen LogP contribution in [0.4, 0.5) is 0 Å². The minimum absolute atomic E-state index is 0.0301. The summed E-state index contributed by atoms with van der Waals surface area (Å²) < 4.78 is 0. The Bertz CT molecular complexity index is 540. The van der Waals surface area contributed by atoms with Gasteiger partial charge in [0.25, 0.3) is 0 Å². The molecule has 0 aliphatic heterocycles. The normalized spacial score (nSPS) is 40.4. The number of fused-ring (bicyclic) bond motifs is 5. The van der Waals surface area contributed by atoms with E-state index < -0.39 is 0 Å². The first-order chi connectivity index (χ1) is 11.6. The standard InChI is InChI=1S/C21H30O.C2H6/c1-3-4-14-5-7-16-15(13-14)6-8-18-17(16)11-12-21(2)19(18)9-10-20(21)22;1-2/h7,13-14,17-19H,3-6,8-12H2,1-2H3;1-2H3. The molecule has 5 unspecified atom stereocenters. The Morgan fingerprint density at radius 1 is 1.17 bits per heavy atom. The van der Waals surface area contributed by atoms with E-state index in [1.54, 1.807) is 11.1 Å². The Morgan fingerprint density at radius 2 is 1.96 bits per heavy atom. The van der Waals surface area contributed by atoms with Gasteiger partial charge in [-0.05, 0) is 79.8 Å². The molecule has 0 heterocycles. The summed E-state index contributed by atoms with van der Waals surface area (Å²) in [7, 11) is 0. The van der Waals surface area contributed by atoms with Crippen LogP contribution in [0, 0.1) is 29.1 Å². The van der Waals surface area contributed by atoms with Crippen LogP contribution in [0.25, 0.3) is 0 Å². The molecule has 0 amide bonds. The number of Topliss-reactive ketones (excluding diaryl/α,β-unsaturated/α-hetero) is 1. The van der Waals surface area contributed by atoms with Crippen molar-refractivity contribution in [3.63, 3.8) is 0 Å². The van der Waals surface area contributed by atoms with E-state index in [1.165, 1.54) is 44.9 Å². The number of rotatable bonds is 2. The number of carbonyl (C=O) groups excluding carboxylic acids is 1. The van der Waals surface area contributed by atoms with Crippen molar-refractivity contribution in [3.05, 3.63) is 23.3 Å². The number of hydrogen-bond donors (Lipinski definition) is 0. The molecule has 4 rings (SSSR count). The molecule has 4 aliphatic carbocycles. The smallest absolute Gasteiger partial charge is 0.139 e. The van der Waals surface area contributed by atoms with Gasteiger partial charge in [0.15, 0.2) is 0 Å². The molecule has 4 aliphatic rings. The van der Waals surface area contributed by atoms with Crippen LogP contribution >= 0.6 is 0 Å². The highest BCUT2D eigenvalue weighted by molar-refractivity contribution is 5.87. The van der Waals surface area contributed by atoms with Crippen LogP contribution in [-0.2, 0) is 4.79 Å². The molecule has 0 aromatic heterocycles. The first-order valence-corrected chi connectivity index (χ1v) is 10.6. The van der Waals surface area contributed by atoms with Crippen molar-refractivity contribution in [2.75, 3.05) is 0 Å². The second-order valence-corrected chi connectivity index (χ2v) is 8.47. The molecular weight excluding hydrogens is 292 g/mol. The van der Waals surface area contributed by atoms with Crippen molar-refractivity contribution < 1.29 is 4.79 Å². The Labute approximate surface area is 149 Å². The van der Waals surface area contributed by atoms with E-state index in [1.807, 2.05) is 13.8 Å². The number of hydrogen-bond acceptors (Lipinski definition) is 1. The lowest BCUT2D eigenvalue weighted by molar-refractivity contribution is -0.129. The van der Waals surface area contributed by atoms with Crippen LogP contribution in [-0.4, -0.2) is 5.78 Å². The van der Waals surface area contributed by atoms with E-state index in [9.17, 15) is 4.79 Å². The summed E-state index contributed by atoms with van der Waals surface area (Å²) in [6.45, 7) is 8.58. The van der Waals surface area contributed by atoms with E-state index >= 15 is 0 Å². The zero-order chi connectivity index (χ0) is 17.3. The molecule has 134 valence electrons. The van der Waals surface area contributed by atoms with Crippen LogP contribution in [0.3, 0.4) is 0 Å². The van der Waals surface area contributed by atoms with Gasteiger partial charge >= 0.3 is 0 Å². The molecule has 1 heteroatoms. The van der Waals surface area contributed by atoms with Gasteiger partial charge in [0.2, 0.25) is 0 Å². The predicted molar refractivity (Wildman–Crippen MR) is 102 cm³/mol. The molecule has 0 aromatic rings. The second-order valence-electron chi connectivity index (χ2n) is 8.47. The van der Waals surface area contributed by atoms with Crippen molar-refractivity contribution >= 4 is 5.78 Å². The van der Waals surface area contributed by atoms with Crippen molar-refractivity contribution in [2.24, 2.45) is 29.1 Å². The van der Waals surface area contributed by atoms with Gasteiger partial charge in [-0.15, -0.1) is 0 Å². The fourth-order valence-corrected chi connectivity index (χ4v) is 6.22. The number of allylic oxidation sites excluding steroid dienone is 4. The van der Waals surface area contributed by atoms with E-state index in [0.29, 0.717) is 11.7 Å². The topological polar surface area (TPSA) is 17.1 Å². The Hall–Kier alpha value is -0.850. The summed E-state index contributed by atoms with van der Waals surface area (Å²) in [5, 5.41) is 0. The fraction of sp³-hybridized carbons (Fsp3) is 0.783. The lowest BCUT2D eigenvalue weighted by Crippen LogP contribution is -2.44. The van der Waals surface area contributed by atoms with Crippen LogP contribution in [0.1, 0.15) is 85.5 Å². The summed E-state index contributed by atoms with van der Waals surface area (Å²) in [5.41, 5.74) is 3.41. The van der Waals surface area contributed by atoms with Gasteiger partial charge in [-0.2, -0.15) is 0 Å². The van der Waals surface area contributed by atoms with Crippen LogP contribution < -0.4 is 0 Å². The Balaban J connectivity index is 0.000000815. The Morgan fingerprint density at radius 3 is 2.71 bits per heavy atom. The Kier molecular flexibility index (Phi) is 5.37. The molecular formula is C23H36O. The van der Waals surface area contributed by atoms with Gasteiger partial charge in [0.05, 0.1) is 0 Å². The zero-order valence-corrected chi connectivity index (χ0v) is 16.2. The lowest BCUT2D eigenvalue weighted by Gasteiger charge is -2.50. The molecule has 0 radical (unpaired) electrons. The van der Waals surface area contributed by atoms with Gasteiger partial charge in [-0.3, -0.25) is 4.79 Å². The molecule has 24 heavy (non-hydrogen) atoms. The van der Waals surface area contributed by atoms with E-state index in [0.717, 1.165) is 30.6 Å². The molecule has 0 spiro atoms. The SMILES string of the molecule is CC.CCCC1C=C2CCC3C(CCC4(C)C(=O)CCC34)C2=CC1. The highest BCUT2D eigenvalue weighted by Gasteiger charge is 2.55. The van der Waals surface area contributed by atoms with E-state index in [2.05, 4.69) is 26.0 Å². The third-order valence-electron chi connectivity index (χ3n) is 7.40. The summed E-state index contributed by atoms with van der Waals surface area (Å²) in [6, 6.07) is 0. The second kappa shape index (κ2) is 7.18. The molecule has 0 saturated heterocycles. The minimum Gasteiger partial charge on any atom is -0.299 e. The van der Waals surface area contributed by atoms with Crippen molar-refractivity contribution in [3.8, 4) is 0 Å². The number of carbonyl (C=O) groups is 1. The van der Waals surface area contributed by atoms with Gasteiger partial charge in [-0.25, -0.2) is 0 Å². The molecule has 0 N–H and O–H groups in total. The molecule has 1 nitrogen and oxygen atoms in total. The first kappa shape index (κ1) is 18.0. The maximum atomic E-state index is 12.4. The van der Waals surface area contributed by atoms with Gasteiger partial charge in [0, 0.05) is 11.8 Å². The first-order valence-electron chi connectivity index (χ1n) is 10.6. The summed E-state index contributed by atoms with van der Waals surface area (Å²) in [5.74, 6) is 3.59. The van der Waals surface area contributed by atoms with Crippen molar-refractivity contribution in [1.82, 2.24) is 0 Å². The van der Waals surface area contributed by atoms with Crippen molar-refractivity contribution in [2.45, 2.75) is 85.5 Å². The molecule has 3 fully saturated rings. The monoisotopic (exact) mass is 328 g/mol. The predicted octanol–water partition coefficient (Wildman–Crippen LogP) is 6.49. The fourth-order valence-electron chi connectivity index (χ4n) is 6.22. The summed E-state index contributed by atoms with van der Waals surface area (Å²) in [6.07, 6.45) is 16.1. The van der Waals surface area contributed by atoms with E-state index in [4.69, 9.17) is 0 Å². The van der Waals surface area contributed by atoms with Crippen LogP contribution in [0.5, 0.6) is 0 Å². The summed E-state index contributed by atoms with van der Waals surface area (Å²) >= 11 is 0. The van der Waals surface area contributed by atoms with Gasteiger partial charge in [-0.1, -0.05) is 46.3 Å². The molecule has 0 bridgehead atoms. The van der Waals surface area contributed by atoms with Gasteiger partial charge in [0.1, 0.15) is 5.78 Å². The molecule has 0 aromatic carbocycles. The van der Waals surface area contributed by atoms with Crippen LogP contribution in [0.2, 0.25) is 0 Å². The highest BCUT2D eigenvalue weighted by Crippen LogP contribution is 2.60. The zero-order valence-electron chi connectivity index (χ0n) is 16.2. The maximum Gasteiger partial charge on any atom is 0.139 e. The quantitative estimate of drug-likeness (QED) is 0.566. The molecule has 5 atom stereocenters. The van der Waals surface area contributed by atoms with Crippen molar-refractivity contribution in [1.29, 1.82) is 0 Å². The average Bonchev–Trinajstić information content (AvgIpc) is 2.92. The summed E-state index contributed by atoms with van der Waals surface area (Å²) in [4.78, 5) is 12.4.